The number of nitrogens with zero attached hydrogens (tertiary/aromatic N) is 5. The van der Waals surface area contributed by atoms with Crippen molar-refractivity contribution in [3.63, 3.8) is 0 Å². The van der Waals surface area contributed by atoms with E-state index >= 15 is 0 Å². The molecule has 0 aliphatic heterocycles. The summed E-state index contributed by atoms with van der Waals surface area (Å²) in [6, 6.07) is 35.7. The van der Waals surface area contributed by atoms with Gasteiger partial charge in [0.25, 0.3) is 19.1 Å². The molecule has 8 rings (SSSR count). The number of aryl methyl sites for hydroxylation is 3. The zero-order valence-corrected chi connectivity index (χ0v) is 36.7. The standard InChI is InChI=1S/C22H25N3O4S.C17H20O.C6H7ClN2O2S/c1-28-20-9-3-17(4-10-20)15-24(16-18-5-11-21(29-2)12-6-18)30(26,27)22-13-14-25(23-22)19-7-8-19;1-14-6-8-15(9-7-14)4-3-5-16-10-12-17(18-2)13-11-16;7-12(10,11)6-3-4-9(8-6)5-1-2-5/h3-6,9-14,19H,7-8,15-16H2,1-2H3;6-13H,3-5H2,1-2H3;3-5H,1-2H2. The number of sulfonamides is 1. The fourth-order valence-electron chi connectivity index (χ4n) is 6.26. The second kappa shape index (κ2) is 20.4. The van der Waals surface area contributed by atoms with Crippen LogP contribution in [-0.4, -0.2) is 62.0 Å². The van der Waals surface area contributed by atoms with Crippen molar-refractivity contribution in [1.82, 2.24) is 23.9 Å². The number of rotatable bonds is 16. The lowest BCUT2D eigenvalue weighted by atomic mass is 10.0. The lowest BCUT2D eigenvalue weighted by molar-refractivity contribution is 0.395. The first-order valence-corrected chi connectivity index (χ1v) is 23.6. The SMILES string of the molecule is COc1ccc(CCCc2ccc(C)cc2)cc1.COc1ccc(CN(Cc2ccc(OC)cc2)S(=O)(=O)c2ccn(C3CC3)n2)cc1.O=S(=O)(Cl)c1ccn(C2CC2)n1. The molecule has 0 spiro atoms. The molecule has 0 N–H and O–H groups in total. The molecule has 2 aromatic heterocycles. The Morgan fingerprint density at radius 2 is 0.933 bits per heavy atom. The molecule has 2 saturated carbocycles. The van der Waals surface area contributed by atoms with Gasteiger partial charge in [-0.05, 0) is 123 Å². The van der Waals surface area contributed by atoms with Crippen LogP contribution < -0.4 is 14.2 Å². The van der Waals surface area contributed by atoms with Gasteiger partial charge in [-0.15, -0.1) is 0 Å². The van der Waals surface area contributed by atoms with E-state index in [4.69, 9.17) is 24.9 Å². The Hall–Kier alpha value is -5.15. The Labute approximate surface area is 358 Å². The van der Waals surface area contributed by atoms with Gasteiger partial charge < -0.3 is 14.2 Å². The van der Waals surface area contributed by atoms with Crippen molar-refractivity contribution in [2.24, 2.45) is 0 Å². The van der Waals surface area contributed by atoms with Crippen LogP contribution in [0.15, 0.2) is 132 Å². The molecule has 0 unspecified atom stereocenters. The van der Waals surface area contributed by atoms with Crippen LogP contribution >= 0.6 is 10.7 Å². The van der Waals surface area contributed by atoms with Crippen LogP contribution in [0.5, 0.6) is 17.2 Å². The first kappa shape index (κ1) is 44.4. The molecular weight excluding hydrogens is 822 g/mol. The van der Waals surface area contributed by atoms with E-state index < -0.39 is 19.1 Å². The largest absolute Gasteiger partial charge is 0.497 e. The van der Waals surface area contributed by atoms with E-state index in [1.165, 1.54) is 33.5 Å². The highest BCUT2D eigenvalue weighted by Crippen LogP contribution is 2.35. The molecule has 318 valence electrons. The van der Waals surface area contributed by atoms with Crippen molar-refractivity contribution in [3.8, 4) is 17.2 Å². The number of hydrogen-bond donors (Lipinski definition) is 0. The highest BCUT2D eigenvalue weighted by atomic mass is 35.7. The molecule has 0 saturated heterocycles. The van der Waals surface area contributed by atoms with Gasteiger partial charge in [0.15, 0.2) is 10.1 Å². The van der Waals surface area contributed by atoms with Crippen LogP contribution in [0.2, 0.25) is 0 Å². The van der Waals surface area contributed by atoms with Gasteiger partial charge >= 0.3 is 0 Å². The Morgan fingerprint density at radius 1 is 0.567 bits per heavy atom. The second-order valence-electron chi connectivity index (χ2n) is 14.8. The Kier molecular flexibility index (Phi) is 15.1. The van der Waals surface area contributed by atoms with Crippen molar-refractivity contribution in [1.29, 1.82) is 0 Å². The molecular formula is C45H52ClN5O7S2. The molecule has 0 bridgehead atoms. The van der Waals surface area contributed by atoms with E-state index in [1.807, 2.05) is 60.7 Å². The number of ether oxygens (including phenoxy) is 3. The maximum absolute atomic E-state index is 13.4. The monoisotopic (exact) mass is 873 g/mol. The minimum Gasteiger partial charge on any atom is -0.497 e. The third kappa shape index (κ3) is 12.9. The summed E-state index contributed by atoms with van der Waals surface area (Å²) in [4.78, 5) is 0. The topological polar surface area (TPSA) is 135 Å². The van der Waals surface area contributed by atoms with E-state index in [2.05, 4.69) is 53.5 Å². The number of aromatic nitrogens is 4. The van der Waals surface area contributed by atoms with Crippen LogP contribution in [0.4, 0.5) is 0 Å². The van der Waals surface area contributed by atoms with Crippen LogP contribution in [0.1, 0.15) is 72.0 Å². The molecule has 6 aromatic rings. The van der Waals surface area contributed by atoms with E-state index in [-0.39, 0.29) is 23.1 Å². The summed E-state index contributed by atoms with van der Waals surface area (Å²) in [6.45, 7) is 2.59. The summed E-state index contributed by atoms with van der Waals surface area (Å²) < 4.78 is 68.9. The normalized spacial score (nSPS) is 13.8. The van der Waals surface area contributed by atoms with Crippen LogP contribution in [0.25, 0.3) is 0 Å². The highest BCUT2D eigenvalue weighted by Gasteiger charge is 2.31. The van der Waals surface area contributed by atoms with Gasteiger partial charge in [0.1, 0.15) is 17.2 Å². The Balaban J connectivity index is 0.000000169. The van der Waals surface area contributed by atoms with Crippen molar-refractivity contribution in [3.05, 3.63) is 149 Å². The molecule has 2 aliphatic carbocycles. The number of benzene rings is 4. The average molecular weight is 875 g/mol. The Bertz CT molecular complexity index is 2430. The molecule has 0 radical (unpaired) electrons. The molecule has 0 amide bonds. The summed E-state index contributed by atoms with van der Waals surface area (Å²) in [7, 11) is 2.58. The van der Waals surface area contributed by atoms with Crippen molar-refractivity contribution in [2.75, 3.05) is 21.3 Å². The van der Waals surface area contributed by atoms with Crippen LogP contribution in [0.3, 0.4) is 0 Å². The third-order valence-corrected chi connectivity index (χ3v) is 13.0. The predicted molar refractivity (Wildman–Crippen MR) is 233 cm³/mol. The number of methoxy groups -OCH3 is 3. The molecule has 0 atom stereocenters. The average Bonchev–Trinajstić information content (AvgIpc) is 4.19. The summed E-state index contributed by atoms with van der Waals surface area (Å²) in [5.74, 6) is 2.38. The quantitative estimate of drug-likeness (QED) is 0.0874. The van der Waals surface area contributed by atoms with Gasteiger partial charge in [-0.25, -0.2) is 16.8 Å². The molecule has 2 fully saturated rings. The number of halogens is 1. The van der Waals surface area contributed by atoms with Crippen molar-refractivity contribution >= 4 is 29.8 Å². The van der Waals surface area contributed by atoms with E-state index in [0.717, 1.165) is 66.9 Å². The Morgan fingerprint density at radius 3 is 1.30 bits per heavy atom. The third-order valence-electron chi connectivity index (χ3n) is 10.1. The lowest BCUT2D eigenvalue weighted by Gasteiger charge is -2.21. The van der Waals surface area contributed by atoms with Gasteiger partial charge in [-0.1, -0.05) is 66.2 Å². The fourth-order valence-corrected chi connectivity index (χ4v) is 8.26. The minimum absolute atomic E-state index is 0.0592. The molecule has 2 aliphatic rings. The van der Waals surface area contributed by atoms with E-state index in [0.29, 0.717) is 12.1 Å². The second-order valence-corrected chi connectivity index (χ2v) is 19.2. The highest BCUT2D eigenvalue weighted by molar-refractivity contribution is 8.13. The van der Waals surface area contributed by atoms with E-state index in [1.54, 1.807) is 49.2 Å². The maximum atomic E-state index is 13.4. The maximum Gasteiger partial charge on any atom is 0.280 e. The van der Waals surface area contributed by atoms with Gasteiger partial charge in [0.05, 0.1) is 33.4 Å². The lowest BCUT2D eigenvalue weighted by Crippen LogP contribution is -2.30. The summed E-state index contributed by atoms with van der Waals surface area (Å²) in [5, 5.41) is 8.21. The zero-order valence-electron chi connectivity index (χ0n) is 34.4. The van der Waals surface area contributed by atoms with Crippen molar-refractivity contribution in [2.45, 2.75) is 87.1 Å². The number of hydrogen-bond acceptors (Lipinski definition) is 9. The predicted octanol–water partition coefficient (Wildman–Crippen LogP) is 8.95. The molecule has 12 nitrogen and oxygen atoms in total. The van der Waals surface area contributed by atoms with Gasteiger partial charge in [0.2, 0.25) is 0 Å². The molecule has 4 aromatic carbocycles. The van der Waals surface area contributed by atoms with E-state index in [9.17, 15) is 16.8 Å². The first-order valence-electron chi connectivity index (χ1n) is 19.8. The van der Waals surface area contributed by atoms with Gasteiger partial charge in [0, 0.05) is 36.2 Å². The minimum atomic E-state index is -3.77. The van der Waals surface area contributed by atoms with Crippen molar-refractivity contribution < 1.29 is 31.0 Å². The fraction of sp³-hybridized carbons (Fsp3) is 0.333. The molecule has 60 heavy (non-hydrogen) atoms. The van der Waals surface area contributed by atoms with Crippen LogP contribution in [-0.2, 0) is 45.0 Å². The summed E-state index contributed by atoms with van der Waals surface area (Å²) >= 11 is 0. The molecule has 2 heterocycles. The zero-order chi connectivity index (χ0) is 42.7. The van der Waals surface area contributed by atoms with Gasteiger partial charge in [-0.3, -0.25) is 9.36 Å². The molecule has 15 heteroatoms. The smallest absolute Gasteiger partial charge is 0.280 e. The van der Waals surface area contributed by atoms with Crippen LogP contribution in [0, 0.1) is 6.92 Å². The summed E-state index contributed by atoms with van der Waals surface area (Å²) in [6.07, 6.45) is 11.1. The summed E-state index contributed by atoms with van der Waals surface area (Å²) in [5.41, 5.74) is 5.87. The van der Waals surface area contributed by atoms with Gasteiger partial charge in [-0.2, -0.15) is 14.5 Å². The first-order chi connectivity index (χ1) is 28.8.